The third-order valence-corrected chi connectivity index (χ3v) is 3.72. The molecule has 0 atom stereocenters. The number of aromatic nitrogens is 1. The summed E-state index contributed by atoms with van der Waals surface area (Å²) in [6, 6.07) is 5.89. The van der Waals surface area contributed by atoms with E-state index in [4.69, 9.17) is 10.2 Å². The zero-order valence-corrected chi connectivity index (χ0v) is 12.5. The highest BCUT2D eigenvalue weighted by atomic mass is 79.9. The molecular weight excluding hydrogens is 292 g/mol. The van der Waals surface area contributed by atoms with Crippen molar-refractivity contribution in [3.63, 3.8) is 0 Å². The van der Waals surface area contributed by atoms with E-state index in [2.05, 4.69) is 34.8 Å². The molecule has 0 radical (unpaired) electrons. The summed E-state index contributed by atoms with van der Waals surface area (Å²) >= 11 is 3.44. The van der Waals surface area contributed by atoms with Crippen LogP contribution in [-0.4, -0.2) is 11.5 Å². The smallest absolute Gasteiger partial charge is 0.195 e. The maximum atomic E-state index is 5.73. The summed E-state index contributed by atoms with van der Waals surface area (Å²) in [5.74, 6) is 0.813. The lowest BCUT2D eigenvalue weighted by Gasteiger charge is -2.22. The van der Waals surface area contributed by atoms with E-state index >= 15 is 0 Å². The molecular formula is C14H19BrN2O. The summed E-state index contributed by atoms with van der Waals surface area (Å²) in [5.41, 5.74) is 7.63. The predicted octanol–water partition coefficient (Wildman–Crippen LogP) is 3.90. The highest BCUT2D eigenvalue weighted by Gasteiger charge is 2.18. The van der Waals surface area contributed by atoms with Crippen LogP contribution >= 0.6 is 15.9 Å². The molecule has 98 valence electrons. The molecule has 0 spiro atoms. The lowest BCUT2D eigenvalue weighted by molar-refractivity contribution is 0.302. The van der Waals surface area contributed by atoms with Crippen LogP contribution in [0, 0.1) is 5.41 Å². The van der Waals surface area contributed by atoms with E-state index in [-0.39, 0.29) is 5.41 Å². The number of fused-ring (bicyclic) bond motifs is 1. The third-order valence-electron chi connectivity index (χ3n) is 3.23. The Morgan fingerprint density at radius 3 is 2.83 bits per heavy atom. The molecule has 0 aliphatic carbocycles. The summed E-state index contributed by atoms with van der Waals surface area (Å²) in [4.78, 5) is 4.51. The third kappa shape index (κ3) is 3.33. The normalized spacial score (nSPS) is 12.2. The molecule has 0 saturated carbocycles. The van der Waals surface area contributed by atoms with E-state index in [1.54, 1.807) is 0 Å². The van der Waals surface area contributed by atoms with Crippen LogP contribution in [-0.2, 0) is 6.42 Å². The molecule has 1 aromatic carbocycles. The first kappa shape index (κ1) is 13.6. The number of hydrogen-bond acceptors (Lipinski definition) is 3. The highest BCUT2D eigenvalue weighted by Crippen LogP contribution is 2.27. The van der Waals surface area contributed by atoms with Crippen LogP contribution in [0.1, 0.15) is 32.6 Å². The average Bonchev–Trinajstić information content (AvgIpc) is 2.68. The molecule has 0 aliphatic heterocycles. The molecule has 0 bridgehead atoms. The molecule has 18 heavy (non-hydrogen) atoms. The van der Waals surface area contributed by atoms with Crippen molar-refractivity contribution in [1.29, 1.82) is 0 Å². The van der Waals surface area contributed by atoms with Gasteiger partial charge in [-0.15, -0.1) is 0 Å². The summed E-state index contributed by atoms with van der Waals surface area (Å²) < 4.78 is 6.76. The van der Waals surface area contributed by atoms with Crippen molar-refractivity contribution in [3.8, 4) is 0 Å². The number of rotatable bonds is 5. The van der Waals surface area contributed by atoms with E-state index in [9.17, 15) is 0 Å². The minimum absolute atomic E-state index is 0.246. The topological polar surface area (TPSA) is 52.0 Å². The Kier molecular flexibility index (Phi) is 4.07. The zero-order valence-electron chi connectivity index (χ0n) is 10.9. The Hall–Kier alpha value is -0.870. The number of benzene rings is 1. The monoisotopic (exact) mass is 310 g/mol. The van der Waals surface area contributed by atoms with Gasteiger partial charge >= 0.3 is 0 Å². The molecule has 2 N–H and O–H groups in total. The van der Waals surface area contributed by atoms with Gasteiger partial charge in [-0.1, -0.05) is 29.8 Å². The van der Waals surface area contributed by atoms with Gasteiger partial charge in [0.05, 0.1) is 0 Å². The van der Waals surface area contributed by atoms with Crippen LogP contribution in [0.15, 0.2) is 27.1 Å². The first-order chi connectivity index (χ1) is 8.50. The largest absolute Gasteiger partial charge is 0.441 e. The van der Waals surface area contributed by atoms with E-state index < -0.39 is 0 Å². The molecule has 4 heteroatoms. The summed E-state index contributed by atoms with van der Waals surface area (Å²) in [7, 11) is 0. The number of aryl methyl sites for hydroxylation is 1. The molecule has 0 unspecified atom stereocenters. The summed E-state index contributed by atoms with van der Waals surface area (Å²) in [6.07, 6.45) is 2.93. The molecule has 0 amide bonds. The quantitative estimate of drug-likeness (QED) is 0.911. The van der Waals surface area contributed by atoms with Gasteiger partial charge in [0.15, 0.2) is 11.5 Å². The second kappa shape index (κ2) is 5.41. The first-order valence-corrected chi connectivity index (χ1v) is 7.04. The van der Waals surface area contributed by atoms with Gasteiger partial charge in [-0.25, -0.2) is 4.98 Å². The average molecular weight is 311 g/mol. The number of oxazole rings is 1. The number of hydrogen-bond donors (Lipinski definition) is 1. The molecule has 2 rings (SSSR count). The van der Waals surface area contributed by atoms with Gasteiger partial charge in [-0.05, 0) is 43.0 Å². The Morgan fingerprint density at radius 2 is 2.11 bits per heavy atom. The van der Waals surface area contributed by atoms with Gasteiger partial charge in [0.2, 0.25) is 0 Å². The lowest BCUT2D eigenvalue weighted by atomic mass is 9.84. The maximum Gasteiger partial charge on any atom is 0.195 e. The molecule has 1 heterocycles. The number of nitrogens with two attached hydrogens (primary N) is 1. The van der Waals surface area contributed by atoms with Crippen molar-refractivity contribution in [2.45, 2.75) is 33.1 Å². The van der Waals surface area contributed by atoms with Gasteiger partial charge in [-0.2, -0.15) is 0 Å². The minimum Gasteiger partial charge on any atom is -0.441 e. The van der Waals surface area contributed by atoms with Crippen molar-refractivity contribution in [2.75, 3.05) is 6.54 Å². The molecule has 3 nitrogen and oxygen atoms in total. The second-order valence-corrected chi connectivity index (χ2v) is 6.34. The minimum atomic E-state index is 0.246. The van der Waals surface area contributed by atoms with Gasteiger partial charge < -0.3 is 10.2 Å². The van der Waals surface area contributed by atoms with Crippen molar-refractivity contribution < 1.29 is 4.42 Å². The maximum absolute atomic E-state index is 5.73. The highest BCUT2D eigenvalue weighted by molar-refractivity contribution is 9.10. The van der Waals surface area contributed by atoms with Crippen molar-refractivity contribution in [1.82, 2.24) is 4.98 Å². The zero-order chi connectivity index (χ0) is 13.2. The van der Waals surface area contributed by atoms with Crippen LogP contribution in [0.4, 0.5) is 0 Å². The Balaban J connectivity index is 2.08. The van der Waals surface area contributed by atoms with E-state index in [1.807, 2.05) is 18.2 Å². The fourth-order valence-electron chi connectivity index (χ4n) is 2.02. The van der Waals surface area contributed by atoms with Crippen molar-refractivity contribution in [3.05, 3.63) is 28.6 Å². The molecule has 1 aromatic heterocycles. The first-order valence-electron chi connectivity index (χ1n) is 6.25. The molecule has 0 fully saturated rings. The molecule has 2 aromatic rings. The Morgan fingerprint density at radius 1 is 1.33 bits per heavy atom. The second-order valence-electron chi connectivity index (χ2n) is 5.42. The van der Waals surface area contributed by atoms with Gasteiger partial charge in [-0.3, -0.25) is 0 Å². The molecule has 0 saturated heterocycles. The van der Waals surface area contributed by atoms with Crippen LogP contribution in [0.2, 0.25) is 0 Å². The van der Waals surface area contributed by atoms with Gasteiger partial charge in [0.25, 0.3) is 0 Å². The van der Waals surface area contributed by atoms with E-state index in [1.165, 1.54) is 0 Å². The fraction of sp³-hybridized carbons (Fsp3) is 0.500. The van der Waals surface area contributed by atoms with Crippen molar-refractivity contribution >= 4 is 27.0 Å². The van der Waals surface area contributed by atoms with Crippen LogP contribution in [0.5, 0.6) is 0 Å². The lowest BCUT2D eigenvalue weighted by Crippen LogP contribution is -2.17. The Bertz CT molecular complexity index is 534. The van der Waals surface area contributed by atoms with Crippen LogP contribution < -0.4 is 5.73 Å². The van der Waals surface area contributed by atoms with Gasteiger partial charge in [0, 0.05) is 10.9 Å². The standard InChI is InChI=1S/C14H19BrN2O/c1-14(2,7-8-16)6-5-13-17-11-9-10(15)3-4-12(11)18-13/h3-4,9H,5-8,16H2,1-2H3. The van der Waals surface area contributed by atoms with Crippen LogP contribution in [0.25, 0.3) is 11.1 Å². The fourth-order valence-corrected chi connectivity index (χ4v) is 2.37. The number of halogens is 1. The molecule has 0 aliphatic rings. The van der Waals surface area contributed by atoms with E-state index in [0.717, 1.165) is 47.3 Å². The van der Waals surface area contributed by atoms with Crippen LogP contribution in [0.3, 0.4) is 0 Å². The predicted molar refractivity (Wildman–Crippen MR) is 77.5 cm³/mol. The SMILES string of the molecule is CC(C)(CCN)CCc1nc2cc(Br)ccc2o1. The number of nitrogens with zero attached hydrogens (tertiary/aromatic N) is 1. The van der Waals surface area contributed by atoms with Crippen molar-refractivity contribution in [2.24, 2.45) is 11.1 Å². The Labute approximate surface area is 116 Å². The van der Waals surface area contributed by atoms with E-state index in [0.29, 0.717) is 0 Å². The summed E-state index contributed by atoms with van der Waals surface area (Å²) in [6.45, 7) is 5.20. The summed E-state index contributed by atoms with van der Waals surface area (Å²) in [5, 5.41) is 0. The van der Waals surface area contributed by atoms with Gasteiger partial charge in [0.1, 0.15) is 5.52 Å².